The maximum atomic E-state index is 13.5. The zero-order chi connectivity index (χ0) is 14.3. The van der Waals surface area contributed by atoms with E-state index >= 15 is 0 Å². The van der Waals surface area contributed by atoms with E-state index in [0.29, 0.717) is 17.5 Å². The number of aromatic nitrogens is 2. The van der Waals surface area contributed by atoms with Crippen molar-refractivity contribution in [1.29, 1.82) is 5.26 Å². The molecule has 0 amide bonds. The van der Waals surface area contributed by atoms with Crippen molar-refractivity contribution in [2.24, 2.45) is 0 Å². The van der Waals surface area contributed by atoms with Crippen molar-refractivity contribution in [3.05, 3.63) is 34.6 Å². The largest absolute Gasteiger partial charge is 0.382 e. The van der Waals surface area contributed by atoms with E-state index in [1.165, 1.54) is 16.8 Å². The summed E-state index contributed by atoms with van der Waals surface area (Å²) < 4.78 is 14.8. The summed E-state index contributed by atoms with van der Waals surface area (Å²) in [5, 5.41) is 16.6. The summed E-state index contributed by atoms with van der Waals surface area (Å²) in [6, 6.07) is 6.61. The van der Waals surface area contributed by atoms with E-state index < -0.39 is 5.82 Å². The molecular formula is C13H11ClFN5. The normalized spacial score (nSPS) is 14.1. The summed E-state index contributed by atoms with van der Waals surface area (Å²) in [5.41, 5.74) is 6.61. The Morgan fingerprint density at radius 1 is 1.50 bits per heavy atom. The summed E-state index contributed by atoms with van der Waals surface area (Å²) in [6.07, 6.45) is 2.10. The molecule has 1 heterocycles. The quantitative estimate of drug-likeness (QED) is 0.911. The number of benzene rings is 1. The second kappa shape index (κ2) is 4.69. The minimum absolute atomic E-state index is 0.0244. The van der Waals surface area contributed by atoms with Crippen LogP contribution in [0.3, 0.4) is 0 Å². The van der Waals surface area contributed by atoms with Crippen molar-refractivity contribution >= 4 is 23.2 Å². The van der Waals surface area contributed by atoms with Gasteiger partial charge in [-0.3, -0.25) is 0 Å². The summed E-state index contributed by atoms with van der Waals surface area (Å²) in [7, 11) is 0. The van der Waals surface area contributed by atoms with E-state index in [-0.39, 0.29) is 16.4 Å². The molecule has 0 bridgehead atoms. The highest BCUT2D eigenvalue weighted by Crippen LogP contribution is 2.30. The van der Waals surface area contributed by atoms with E-state index in [4.69, 9.17) is 17.3 Å². The van der Waals surface area contributed by atoms with Crippen molar-refractivity contribution < 1.29 is 4.39 Å². The lowest BCUT2D eigenvalue weighted by Crippen LogP contribution is -2.04. The molecule has 0 spiro atoms. The molecule has 1 aromatic heterocycles. The SMILES string of the molecule is N#Cc1c(NC2CC2)nn(-c2ccc(Cl)c(F)c2)c1N. The van der Waals surface area contributed by atoms with Gasteiger partial charge in [0.05, 0.1) is 10.7 Å². The van der Waals surface area contributed by atoms with Gasteiger partial charge in [0, 0.05) is 12.1 Å². The average Bonchev–Trinajstić information content (AvgIpc) is 3.17. The van der Waals surface area contributed by atoms with Crippen molar-refractivity contribution in [2.75, 3.05) is 11.1 Å². The molecule has 0 saturated heterocycles. The molecule has 0 unspecified atom stereocenters. The maximum absolute atomic E-state index is 13.5. The van der Waals surface area contributed by atoms with Crippen molar-refractivity contribution in [1.82, 2.24) is 9.78 Å². The van der Waals surface area contributed by atoms with E-state index in [9.17, 15) is 9.65 Å². The first kappa shape index (κ1) is 12.8. The number of nitrogen functional groups attached to an aromatic ring is 1. The number of anilines is 2. The zero-order valence-corrected chi connectivity index (χ0v) is 11.2. The number of nitrogens with two attached hydrogens (primary N) is 1. The average molecular weight is 292 g/mol. The number of nitriles is 1. The molecule has 1 aromatic carbocycles. The Morgan fingerprint density at radius 3 is 2.85 bits per heavy atom. The third-order valence-corrected chi connectivity index (χ3v) is 3.41. The van der Waals surface area contributed by atoms with Gasteiger partial charge in [-0.1, -0.05) is 11.6 Å². The predicted molar refractivity (Wildman–Crippen MR) is 74.3 cm³/mol. The van der Waals surface area contributed by atoms with Crippen molar-refractivity contribution in [2.45, 2.75) is 18.9 Å². The predicted octanol–water partition coefficient (Wildman–Crippen LogP) is 2.69. The van der Waals surface area contributed by atoms with Gasteiger partial charge in [-0.2, -0.15) is 5.26 Å². The van der Waals surface area contributed by atoms with Crippen LogP contribution in [-0.4, -0.2) is 15.8 Å². The summed E-state index contributed by atoms with van der Waals surface area (Å²) in [6.45, 7) is 0. The Balaban J connectivity index is 2.06. The lowest BCUT2D eigenvalue weighted by atomic mass is 10.3. The van der Waals surface area contributed by atoms with Gasteiger partial charge in [0.15, 0.2) is 5.82 Å². The fourth-order valence-electron chi connectivity index (χ4n) is 1.88. The molecular weight excluding hydrogens is 281 g/mol. The van der Waals surface area contributed by atoms with E-state index in [0.717, 1.165) is 12.8 Å². The highest BCUT2D eigenvalue weighted by Gasteiger charge is 2.25. The van der Waals surface area contributed by atoms with Gasteiger partial charge in [-0.25, -0.2) is 9.07 Å². The van der Waals surface area contributed by atoms with E-state index in [2.05, 4.69) is 10.4 Å². The molecule has 102 valence electrons. The third kappa shape index (κ3) is 2.17. The van der Waals surface area contributed by atoms with Gasteiger partial charge in [-0.15, -0.1) is 5.10 Å². The Kier molecular flexibility index (Phi) is 2.99. The van der Waals surface area contributed by atoms with Gasteiger partial charge in [0.2, 0.25) is 0 Å². The molecule has 3 rings (SSSR count). The van der Waals surface area contributed by atoms with Crippen molar-refractivity contribution in [3.8, 4) is 11.8 Å². The standard InChI is InChI=1S/C13H11ClFN5/c14-10-4-3-8(5-11(10)15)20-12(17)9(6-16)13(19-20)18-7-1-2-7/h3-5,7H,1-2,17H2,(H,18,19). The third-order valence-electron chi connectivity index (χ3n) is 3.10. The van der Waals surface area contributed by atoms with Crippen LogP contribution < -0.4 is 11.1 Å². The van der Waals surface area contributed by atoms with E-state index in [1.807, 2.05) is 6.07 Å². The Bertz CT molecular complexity index is 714. The molecule has 0 radical (unpaired) electrons. The van der Waals surface area contributed by atoms with Crippen LogP contribution in [0, 0.1) is 17.1 Å². The Labute approximate surface area is 119 Å². The fraction of sp³-hybridized carbons (Fsp3) is 0.231. The number of halogens is 2. The van der Waals surface area contributed by atoms with Crippen LogP contribution in [0.15, 0.2) is 18.2 Å². The molecule has 1 aliphatic rings. The Hall–Kier alpha value is -2.26. The first-order valence-corrected chi connectivity index (χ1v) is 6.48. The maximum Gasteiger partial charge on any atom is 0.168 e. The number of nitrogens with one attached hydrogen (secondary N) is 1. The molecule has 7 heteroatoms. The highest BCUT2D eigenvalue weighted by molar-refractivity contribution is 6.30. The van der Waals surface area contributed by atoms with Crippen LogP contribution in [-0.2, 0) is 0 Å². The van der Waals surface area contributed by atoms with Gasteiger partial charge in [0.1, 0.15) is 23.3 Å². The zero-order valence-electron chi connectivity index (χ0n) is 10.4. The molecule has 3 N–H and O–H groups in total. The second-order valence-electron chi connectivity index (χ2n) is 4.65. The van der Waals surface area contributed by atoms with Gasteiger partial charge in [-0.05, 0) is 25.0 Å². The fourth-order valence-corrected chi connectivity index (χ4v) is 1.99. The number of hydrogen-bond donors (Lipinski definition) is 2. The highest BCUT2D eigenvalue weighted by atomic mass is 35.5. The summed E-state index contributed by atoms with van der Waals surface area (Å²) >= 11 is 5.65. The summed E-state index contributed by atoms with van der Waals surface area (Å²) in [5.74, 6) is 0.0505. The van der Waals surface area contributed by atoms with E-state index in [1.54, 1.807) is 6.07 Å². The topological polar surface area (TPSA) is 79.7 Å². The number of rotatable bonds is 3. The lowest BCUT2D eigenvalue weighted by Gasteiger charge is -2.04. The molecule has 5 nitrogen and oxygen atoms in total. The Morgan fingerprint density at radius 2 is 2.25 bits per heavy atom. The molecule has 1 saturated carbocycles. The molecule has 2 aromatic rings. The second-order valence-corrected chi connectivity index (χ2v) is 5.06. The molecule has 20 heavy (non-hydrogen) atoms. The van der Waals surface area contributed by atoms with Crippen LogP contribution in [0.2, 0.25) is 5.02 Å². The van der Waals surface area contributed by atoms with Gasteiger partial charge >= 0.3 is 0 Å². The minimum Gasteiger partial charge on any atom is -0.382 e. The smallest absolute Gasteiger partial charge is 0.168 e. The monoisotopic (exact) mass is 291 g/mol. The van der Waals surface area contributed by atoms with Gasteiger partial charge < -0.3 is 11.1 Å². The molecule has 1 aliphatic carbocycles. The minimum atomic E-state index is -0.561. The molecule has 0 aliphatic heterocycles. The first-order valence-electron chi connectivity index (χ1n) is 6.10. The van der Waals surface area contributed by atoms with Crippen LogP contribution in [0.1, 0.15) is 18.4 Å². The van der Waals surface area contributed by atoms with Crippen LogP contribution in [0.4, 0.5) is 16.0 Å². The van der Waals surface area contributed by atoms with Gasteiger partial charge in [0.25, 0.3) is 0 Å². The van der Waals surface area contributed by atoms with Crippen LogP contribution >= 0.6 is 11.6 Å². The lowest BCUT2D eigenvalue weighted by molar-refractivity contribution is 0.626. The number of nitrogens with zero attached hydrogens (tertiary/aromatic N) is 3. The first-order chi connectivity index (χ1) is 9.60. The number of hydrogen-bond acceptors (Lipinski definition) is 4. The molecule has 0 atom stereocenters. The molecule has 1 fully saturated rings. The summed E-state index contributed by atoms with van der Waals surface area (Å²) in [4.78, 5) is 0. The van der Waals surface area contributed by atoms with Crippen molar-refractivity contribution in [3.63, 3.8) is 0 Å². The van der Waals surface area contributed by atoms with Crippen LogP contribution in [0.5, 0.6) is 0 Å². The van der Waals surface area contributed by atoms with Crippen LogP contribution in [0.25, 0.3) is 5.69 Å².